The number of carbonyl (C=O) groups excluding carboxylic acids is 2. The fourth-order valence-electron chi connectivity index (χ4n) is 1.93. The lowest BCUT2D eigenvalue weighted by molar-refractivity contribution is 0.0487. The van der Waals surface area contributed by atoms with Gasteiger partial charge in [-0.3, -0.25) is 4.79 Å². The summed E-state index contributed by atoms with van der Waals surface area (Å²) in [5, 5.41) is 0. The average molecular weight is 222 g/mol. The van der Waals surface area contributed by atoms with Crippen LogP contribution in [0.25, 0.3) is 0 Å². The Hall–Kier alpha value is -1.58. The normalized spacial score (nSPS) is 19.4. The molecule has 0 amide bonds. The highest BCUT2D eigenvalue weighted by Gasteiger charge is 2.28. The molecule has 0 aromatic carbocycles. The molecule has 16 heavy (non-hydrogen) atoms. The van der Waals surface area contributed by atoms with E-state index >= 15 is 0 Å². The molecular weight excluding hydrogens is 208 g/mol. The van der Waals surface area contributed by atoms with Crippen LogP contribution in [0.2, 0.25) is 0 Å². The molecule has 1 atom stereocenters. The summed E-state index contributed by atoms with van der Waals surface area (Å²) in [7, 11) is 0. The Morgan fingerprint density at radius 3 is 3.00 bits per heavy atom. The minimum atomic E-state index is -0.502. The van der Waals surface area contributed by atoms with E-state index in [1.165, 1.54) is 6.07 Å². The number of hydrogen-bond acceptors (Lipinski definition) is 4. The number of fused-ring (bicyclic) bond motifs is 1. The predicted octanol–water partition coefficient (Wildman–Crippen LogP) is 2.22. The van der Waals surface area contributed by atoms with Gasteiger partial charge in [0.15, 0.2) is 5.78 Å². The van der Waals surface area contributed by atoms with Crippen molar-refractivity contribution >= 4 is 11.8 Å². The third-order valence-electron chi connectivity index (χ3n) is 2.65. The van der Waals surface area contributed by atoms with Gasteiger partial charge in [-0.2, -0.15) is 0 Å². The van der Waals surface area contributed by atoms with Crippen LogP contribution >= 0.6 is 0 Å². The van der Waals surface area contributed by atoms with Crippen molar-refractivity contribution in [1.29, 1.82) is 0 Å². The number of ether oxygens (including phenoxy) is 1. The minimum Gasteiger partial charge on any atom is -0.460 e. The number of esters is 1. The fraction of sp³-hybridized carbons (Fsp3) is 0.500. The summed E-state index contributed by atoms with van der Waals surface area (Å²) in [5.41, 5.74) is 0.543. The third-order valence-corrected chi connectivity index (χ3v) is 2.65. The Balaban J connectivity index is 2.30. The first-order valence-corrected chi connectivity index (χ1v) is 5.44. The standard InChI is InChI=1S/C12H14O4/c1-3-15-12(14)11-6-8-9(13)4-7(2)5-10(8)16-11/h6-7H,3-5H2,1-2H3. The van der Waals surface area contributed by atoms with E-state index in [1.807, 2.05) is 6.92 Å². The third kappa shape index (κ3) is 1.87. The maximum Gasteiger partial charge on any atom is 0.374 e. The van der Waals surface area contributed by atoms with Gasteiger partial charge in [0.1, 0.15) is 5.76 Å². The summed E-state index contributed by atoms with van der Waals surface area (Å²) in [4.78, 5) is 23.1. The van der Waals surface area contributed by atoms with Crippen LogP contribution in [-0.4, -0.2) is 18.4 Å². The maximum absolute atomic E-state index is 11.7. The van der Waals surface area contributed by atoms with Crippen LogP contribution in [0.15, 0.2) is 10.5 Å². The number of hydrogen-bond donors (Lipinski definition) is 0. The van der Waals surface area contributed by atoms with Crippen LogP contribution in [-0.2, 0) is 11.2 Å². The molecule has 0 saturated carbocycles. The van der Waals surface area contributed by atoms with Crippen LogP contribution in [0.4, 0.5) is 0 Å². The van der Waals surface area contributed by atoms with Crippen LogP contribution < -0.4 is 0 Å². The van der Waals surface area contributed by atoms with Crippen molar-refractivity contribution in [3.05, 3.63) is 23.2 Å². The first-order chi connectivity index (χ1) is 7.61. The summed E-state index contributed by atoms with van der Waals surface area (Å²) in [6, 6.07) is 1.50. The van der Waals surface area contributed by atoms with E-state index in [-0.39, 0.29) is 17.5 Å². The maximum atomic E-state index is 11.7. The number of ketones is 1. The van der Waals surface area contributed by atoms with E-state index in [2.05, 4.69) is 0 Å². The summed E-state index contributed by atoms with van der Waals surface area (Å²) in [6.45, 7) is 4.02. The van der Waals surface area contributed by atoms with E-state index in [0.717, 1.165) is 0 Å². The molecule has 1 aromatic heterocycles. The molecule has 0 spiro atoms. The van der Waals surface area contributed by atoms with Crippen molar-refractivity contribution in [1.82, 2.24) is 0 Å². The van der Waals surface area contributed by atoms with E-state index in [1.54, 1.807) is 6.92 Å². The van der Waals surface area contributed by atoms with Gasteiger partial charge in [0.25, 0.3) is 0 Å². The topological polar surface area (TPSA) is 56.5 Å². The largest absolute Gasteiger partial charge is 0.460 e. The van der Waals surface area contributed by atoms with Gasteiger partial charge in [0, 0.05) is 18.9 Å². The van der Waals surface area contributed by atoms with Crippen LogP contribution in [0.5, 0.6) is 0 Å². The molecule has 0 bridgehead atoms. The van der Waals surface area contributed by atoms with Crippen molar-refractivity contribution in [2.75, 3.05) is 6.61 Å². The van der Waals surface area contributed by atoms with Gasteiger partial charge in [-0.15, -0.1) is 0 Å². The Kier molecular flexibility index (Phi) is 2.81. The molecule has 0 saturated heterocycles. The Bertz CT molecular complexity index is 430. The number of rotatable bonds is 2. The van der Waals surface area contributed by atoms with Gasteiger partial charge in [0.05, 0.1) is 12.2 Å². The number of Topliss-reactive ketones (excluding diaryl/α,β-unsaturated/α-hetero) is 1. The smallest absolute Gasteiger partial charge is 0.374 e. The summed E-state index contributed by atoms with van der Waals surface area (Å²) in [6.07, 6.45) is 1.23. The highest BCUT2D eigenvalue weighted by Crippen LogP contribution is 2.28. The van der Waals surface area contributed by atoms with Crippen molar-refractivity contribution < 1.29 is 18.7 Å². The van der Waals surface area contributed by atoms with Gasteiger partial charge in [0.2, 0.25) is 5.76 Å². The highest BCUT2D eigenvalue weighted by atomic mass is 16.5. The van der Waals surface area contributed by atoms with Crippen molar-refractivity contribution in [2.45, 2.75) is 26.7 Å². The van der Waals surface area contributed by atoms with E-state index in [4.69, 9.17) is 9.15 Å². The number of carbonyl (C=O) groups is 2. The van der Waals surface area contributed by atoms with Crippen molar-refractivity contribution in [3.63, 3.8) is 0 Å². The lowest BCUT2D eigenvalue weighted by Crippen LogP contribution is -2.15. The molecule has 1 aliphatic carbocycles. The van der Waals surface area contributed by atoms with Crippen molar-refractivity contribution in [3.8, 4) is 0 Å². The zero-order valence-corrected chi connectivity index (χ0v) is 9.41. The Morgan fingerprint density at radius 2 is 2.31 bits per heavy atom. The molecule has 2 rings (SSSR count). The second-order valence-corrected chi connectivity index (χ2v) is 4.10. The first-order valence-electron chi connectivity index (χ1n) is 5.44. The van der Waals surface area contributed by atoms with Gasteiger partial charge >= 0.3 is 5.97 Å². The van der Waals surface area contributed by atoms with E-state index in [0.29, 0.717) is 30.8 Å². The molecule has 1 heterocycles. The molecule has 0 aliphatic heterocycles. The van der Waals surface area contributed by atoms with Gasteiger partial charge in [-0.1, -0.05) is 6.92 Å². The zero-order chi connectivity index (χ0) is 11.7. The second-order valence-electron chi connectivity index (χ2n) is 4.10. The lowest BCUT2D eigenvalue weighted by atomic mass is 9.89. The quantitative estimate of drug-likeness (QED) is 0.720. The molecule has 1 aliphatic rings. The summed E-state index contributed by atoms with van der Waals surface area (Å²) < 4.78 is 10.2. The average Bonchev–Trinajstić information content (AvgIpc) is 2.62. The monoisotopic (exact) mass is 222 g/mol. The van der Waals surface area contributed by atoms with Crippen LogP contribution in [0.3, 0.4) is 0 Å². The van der Waals surface area contributed by atoms with Crippen LogP contribution in [0, 0.1) is 5.92 Å². The molecule has 4 nitrogen and oxygen atoms in total. The van der Waals surface area contributed by atoms with E-state index < -0.39 is 5.97 Å². The fourth-order valence-corrected chi connectivity index (χ4v) is 1.93. The molecular formula is C12H14O4. The minimum absolute atomic E-state index is 0.0491. The molecule has 86 valence electrons. The molecule has 0 fully saturated rings. The zero-order valence-electron chi connectivity index (χ0n) is 9.41. The van der Waals surface area contributed by atoms with Crippen molar-refractivity contribution in [2.24, 2.45) is 5.92 Å². The van der Waals surface area contributed by atoms with E-state index in [9.17, 15) is 9.59 Å². The van der Waals surface area contributed by atoms with Gasteiger partial charge in [-0.05, 0) is 12.8 Å². The first kappa shape index (κ1) is 10.9. The molecule has 1 aromatic rings. The van der Waals surface area contributed by atoms with Gasteiger partial charge in [-0.25, -0.2) is 4.79 Å². The molecule has 0 N–H and O–H groups in total. The molecule has 4 heteroatoms. The lowest BCUT2D eigenvalue weighted by Gasteiger charge is -2.14. The summed E-state index contributed by atoms with van der Waals surface area (Å²) >= 11 is 0. The van der Waals surface area contributed by atoms with Crippen LogP contribution in [0.1, 0.15) is 46.9 Å². The molecule has 0 radical (unpaired) electrons. The Labute approximate surface area is 93.6 Å². The SMILES string of the molecule is CCOC(=O)c1cc2c(o1)CC(C)CC2=O. The predicted molar refractivity (Wildman–Crippen MR) is 56.5 cm³/mol. The number of furan rings is 1. The Morgan fingerprint density at radius 1 is 1.56 bits per heavy atom. The highest BCUT2D eigenvalue weighted by molar-refractivity contribution is 6.00. The second kappa shape index (κ2) is 4.12. The summed E-state index contributed by atoms with van der Waals surface area (Å²) in [5.74, 6) is 0.577. The molecule has 1 unspecified atom stereocenters. The van der Waals surface area contributed by atoms with Gasteiger partial charge < -0.3 is 9.15 Å².